The average molecular weight is 274 g/mol. The molecule has 1 saturated heterocycles. The number of rotatable bonds is 3. The van der Waals surface area contributed by atoms with Crippen LogP contribution in [0, 0.1) is 5.92 Å². The molecule has 1 N–H and O–H groups in total. The van der Waals surface area contributed by atoms with E-state index in [2.05, 4.69) is 4.90 Å². The van der Waals surface area contributed by atoms with Crippen molar-refractivity contribution in [1.29, 1.82) is 0 Å². The summed E-state index contributed by atoms with van der Waals surface area (Å²) < 4.78 is 0. The topological polar surface area (TPSA) is 40.5 Å². The van der Waals surface area contributed by atoms with Crippen LogP contribution in [0.25, 0.3) is 0 Å². The lowest BCUT2D eigenvalue weighted by Gasteiger charge is -2.16. The Hall–Kier alpha value is -0.770. The smallest absolute Gasteiger partial charge is 0.307 e. The quantitative estimate of drug-likeness (QED) is 0.921. The van der Waals surface area contributed by atoms with Crippen LogP contribution >= 0.6 is 23.2 Å². The van der Waals surface area contributed by atoms with Crippen molar-refractivity contribution in [2.45, 2.75) is 13.0 Å². The van der Waals surface area contributed by atoms with Crippen molar-refractivity contribution < 1.29 is 9.90 Å². The van der Waals surface area contributed by atoms with E-state index in [9.17, 15) is 4.79 Å². The van der Waals surface area contributed by atoms with Gasteiger partial charge in [-0.25, -0.2) is 0 Å². The van der Waals surface area contributed by atoms with Gasteiger partial charge in [0.05, 0.1) is 5.92 Å². The van der Waals surface area contributed by atoms with Crippen molar-refractivity contribution in [3.05, 3.63) is 33.8 Å². The standard InChI is InChI=1S/C12H13Cl2NO2/c13-10-2-1-8(11(14)5-10)6-15-4-3-9(7-15)12(16)17/h1-2,5,9H,3-4,6-7H2,(H,16,17). The Balaban J connectivity index is 2.00. The number of carboxylic acid groups (broad SMARTS) is 1. The summed E-state index contributed by atoms with van der Waals surface area (Å²) in [5, 5.41) is 10.2. The molecule has 92 valence electrons. The summed E-state index contributed by atoms with van der Waals surface area (Å²) in [5.41, 5.74) is 0.988. The highest BCUT2D eigenvalue weighted by molar-refractivity contribution is 6.35. The average Bonchev–Trinajstić information content (AvgIpc) is 2.71. The van der Waals surface area contributed by atoms with Gasteiger partial charge in [0, 0.05) is 23.1 Å². The number of carboxylic acids is 1. The summed E-state index contributed by atoms with van der Waals surface area (Å²) in [6.45, 7) is 2.07. The zero-order chi connectivity index (χ0) is 12.4. The van der Waals surface area contributed by atoms with Gasteiger partial charge in [0.2, 0.25) is 0 Å². The van der Waals surface area contributed by atoms with E-state index in [1.165, 1.54) is 0 Å². The second-order valence-corrected chi connectivity index (χ2v) is 5.14. The molecule has 1 aromatic carbocycles. The fraction of sp³-hybridized carbons (Fsp3) is 0.417. The summed E-state index contributed by atoms with van der Waals surface area (Å²) in [6.07, 6.45) is 0.709. The molecule has 0 radical (unpaired) electrons. The van der Waals surface area contributed by atoms with E-state index < -0.39 is 5.97 Å². The molecule has 0 saturated carbocycles. The molecule has 1 aromatic rings. The molecule has 0 aliphatic carbocycles. The Labute approximate surface area is 110 Å². The lowest BCUT2D eigenvalue weighted by molar-refractivity contribution is -0.141. The Morgan fingerprint density at radius 1 is 1.47 bits per heavy atom. The third-order valence-corrected chi connectivity index (χ3v) is 3.62. The molecule has 5 heteroatoms. The fourth-order valence-corrected chi connectivity index (χ4v) is 2.54. The second-order valence-electron chi connectivity index (χ2n) is 4.29. The van der Waals surface area contributed by atoms with Crippen LogP contribution in [0.5, 0.6) is 0 Å². The van der Waals surface area contributed by atoms with Crippen molar-refractivity contribution in [3.8, 4) is 0 Å². The second kappa shape index (κ2) is 5.25. The number of aliphatic carboxylic acids is 1. The van der Waals surface area contributed by atoms with Gasteiger partial charge in [0.1, 0.15) is 0 Å². The summed E-state index contributed by atoms with van der Waals surface area (Å²) in [6, 6.07) is 5.40. The van der Waals surface area contributed by atoms with Crippen LogP contribution in [0.3, 0.4) is 0 Å². The molecular formula is C12H13Cl2NO2. The lowest BCUT2D eigenvalue weighted by Crippen LogP contribution is -2.22. The third kappa shape index (κ3) is 3.12. The minimum atomic E-state index is -0.713. The molecule has 0 amide bonds. The molecule has 1 unspecified atom stereocenters. The zero-order valence-corrected chi connectivity index (χ0v) is 10.7. The molecule has 0 aromatic heterocycles. The number of hydrogen-bond acceptors (Lipinski definition) is 2. The molecule has 0 spiro atoms. The summed E-state index contributed by atoms with van der Waals surface area (Å²) in [4.78, 5) is 12.9. The van der Waals surface area contributed by atoms with Crippen LogP contribution in [0.4, 0.5) is 0 Å². The normalized spacial score (nSPS) is 20.7. The molecule has 1 atom stereocenters. The van der Waals surface area contributed by atoms with Crippen molar-refractivity contribution >= 4 is 29.2 Å². The van der Waals surface area contributed by atoms with E-state index in [1.807, 2.05) is 6.07 Å². The minimum Gasteiger partial charge on any atom is -0.481 e. The lowest BCUT2D eigenvalue weighted by atomic mass is 10.1. The summed E-state index contributed by atoms with van der Waals surface area (Å²) in [5.74, 6) is -0.962. The van der Waals surface area contributed by atoms with Gasteiger partial charge in [-0.15, -0.1) is 0 Å². The monoisotopic (exact) mass is 273 g/mol. The number of nitrogens with zero attached hydrogens (tertiary/aromatic N) is 1. The predicted octanol–water partition coefficient (Wildman–Crippen LogP) is 2.90. The van der Waals surface area contributed by atoms with Crippen LogP contribution < -0.4 is 0 Å². The Kier molecular flexibility index (Phi) is 3.92. The van der Waals surface area contributed by atoms with Gasteiger partial charge in [-0.2, -0.15) is 0 Å². The number of hydrogen-bond donors (Lipinski definition) is 1. The molecule has 1 fully saturated rings. The van der Waals surface area contributed by atoms with E-state index in [0.717, 1.165) is 12.1 Å². The van der Waals surface area contributed by atoms with Gasteiger partial charge in [-0.3, -0.25) is 9.69 Å². The molecule has 3 nitrogen and oxygen atoms in total. The molecule has 2 rings (SSSR count). The molecule has 17 heavy (non-hydrogen) atoms. The maximum atomic E-state index is 10.8. The summed E-state index contributed by atoms with van der Waals surface area (Å²) >= 11 is 11.9. The highest BCUT2D eigenvalue weighted by Gasteiger charge is 2.27. The summed E-state index contributed by atoms with van der Waals surface area (Å²) in [7, 11) is 0. The molecular weight excluding hydrogens is 261 g/mol. The number of carbonyl (C=O) groups is 1. The third-order valence-electron chi connectivity index (χ3n) is 3.03. The van der Waals surface area contributed by atoms with Crippen LogP contribution in [0.15, 0.2) is 18.2 Å². The van der Waals surface area contributed by atoms with Gasteiger partial charge in [-0.1, -0.05) is 29.3 Å². The first-order valence-corrected chi connectivity index (χ1v) is 6.21. The SMILES string of the molecule is O=C(O)C1CCN(Cc2ccc(Cl)cc2Cl)C1. The Morgan fingerprint density at radius 2 is 2.24 bits per heavy atom. The number of halogens is 2. The number of likely N-dealkylation sites (tertiary alicyclic amines) is 1. The van der Waals surface area contributed by atoms with E-state index in [0.29, 0.717) is 29.6 Å². The fourth-order valence-electron chi connectivity index (χ4n) is 2.07. The van der Waals surface area contributed by atoms with Crippen LogP contribution in [-0.2, 0) is 11.3 Å². The van der Waals surface area contributed by atoms with Gasteiger partial charge in [0.25, 0.3) is 0 Å². The maximum Gasteiger partial charge on any atom is 0.307 e. The molecule has 1 aliphatic heterocycles. The highest BCUT2D eigenvalue weighted by atomic mass is 35.5. The largest absolute Gasteiger partial charge is 0.481 e. The van der Waals surface area contributed by atoms with E-state index in [1.54, 1.807) is 12.1 Å². The minimum absolute atomic E-state index is 0.249. The predicted molar refractivity (Wildman–Crippen MR) is 67.5 cm³/mol. The molecule has 1 aliphatic rings. The van der Waals surface area contributed by atoms with Gasteiger partial charge < -0.3 is 5.11 Å². The van der Waals surface area contributed by atoms with Crippen molar-refractivity contribution in [2.75, 3.05) is 13.1 Å². The molecule has 0 bridgehead atoms. The van der Waals surface area contributed by atoms with E-state index in [4.69, 9.17) is 28.3 Å². The van der Waals surface area contributed by atoms with E-state index >= 15 is 0 Å². The Bertz CT molecular complexity index is 437. The highest BCUT2D eigenvalue weighted by Crippen LogP contribution is 2.25. The van der Waals surface area contributed by atoms with Crippen LogP contribution in [0.1, 0.15) is 12.0 Å². The van der Waals surface area contributed by atoms with E-state index in [-0.39, 0.29) is 5.92 Å². The van der Waals surface area contributed by atoms with Crippen molar-refractivity contribution in [2.24, 2.45) is 5.92 Å². The van der Waals surface area contributed by atoms with Crippen LogP contribution in [0.2, 0.25) is 10.0 Å². The van der Waals surface area contributed by atoms with Gasteiger partial charge in [-0.05, 0) is 30.7 Å². The Morgan fingerprint density at radius 3 is 2.82 bits per heavy atom. The zero-order valence-electron chi connectivity index (χ0n) is 9.20. The van der Waals surface area contributed by atoms with Crippen LogP contribution in [-0.4, -0.2) is 29.1 Å². The van der Waals surface area contributed by atoms with Gasteiger partial charge >= 0.3 is 5.97 Å². The number of benzene rings is 1. The first-order chi connectivity index (χ1) is 8.06. The maximum absolute atomic E-state index is 10.8. The van der Waals surface area contributed by atoms with Gasteiger partial charge in [0.15, 0.2) is 0 Å². The first kappa shape index (κ1) is 12.7. The molecule has 1 heterocycles. The van der Waals surface area contributed by atoms with Crippen molar-refractivity contribution in [1.82, 2.24) is 4.90 Å². The first-order valence-electron chi connectivity index (χ1n) is 5.45. The van der Waals surface area contributed by atoms with Crippen molar-refractivity contribution in [3.63, 3.8) is 0 Å².